The first kappa shape index (κ1) is 21.9. The van der Waals surface area contributed by atoms with E-state index in [2.05, 4.69) is 41.3 Å². The second kappa shape index (κ2) is 9.86. The van der Waals surface area contributed by atoms with Crippen molar-refractivity contribution in [1.29, 1.82) is 0 Å². The number of nitrogens with zero attached hydrogens (tertiary/aromatic N) is 1. The topological polar surface area (TPSA) is 64.2 Å². The SMILES string of the molecule is CCOC(=O)CC1CCCCCc2[nH]c3cc(OCc4nc(C(C)C)cs4)ccc3c21. The molecule has 1 atom stereocenters. The summed E-state index contributed by atoms with van der Waals surface area (Å²) in [5.41, 5.74) is 4.77. The molecule has 3 aromatic rings. The van der Waals surface area contributed by atoms with Crippen LogP contribution in [0.3, 0.4) is 0 Å². The number of carbonyl (C=O) groups excluding carboxylic acids is 1. The summed E-state index contributed by atoms with van der Waals surface area (Å²) in [6.45, 7) is 7.09. The van der Waals surface area contributed by atoms with E-state index in [0.29, 0.717) is 25.6 Å². The third-order valence-corrected chi connectivity index (χ3v) is 6.86. The molecule has 166 valence electrons. The van der Waals surface area contributed by atoms with Gasteiger partial charge in [0.2, 0.25) is 0 Å². The molecule has 0 radical (unpaired) electrons. The van der Waals surface area contributed by atoms with Crippen LogP contribution in [0.2, 0.25) is 0 Å². The number of H-pyrrole nitrogens is 1. The zero-order chi connectivity index (χ0) is 21.8. The largest absolute Gasteiger partial charge is 0.486 e. The quantitative estimate of drug-likeness (QED) is 0.427. The fourth-order valence-electron chi connectivity index (χ4n) is 4.45. The Morgan fingerprint density at radius 1 is 1.29 bits per heavy atom. The molecule has 6 heteroatoms. The van der Waals surface area contributed by atoms with Crippen molar-refractivity contribution in [3.63, 3.8) is 0 Å². The first-order chi connectivity index (χ1) is 15.0. The van der Waals surface area contributed by atoms with Gasteiger partial charge in [-0.3, -0.25) is 4.79 Å². The number of carbonyl (C=O) groups is 1. The highest BCUT2D eigenvalue weighted by Gasteiger charge is 2.25. The summed E-state index contributed by atoms with van der Waals surface area (Å²) < 4.78 is 11.3. The Balaban J connectivity index is 1.56. The fraction of sp³-hybridized carbons (Fsp3) is 0.520. The minimum absolute atomic E-state index is 0.0995. The van der Waals surface area contributed by atoms with Crippen molar-refractivity contribution < 1.29 is 14.3 Å². The number of fused-ring (bicyclic) bond motifs is 3. The molecule has 1 aromatic carbocycles. The number of benzene rings is 1. The van der Waals surface area contributed by atoms with E-state index in [9.17, 15) is 4.79 Å². The van der Waals surface area contributed by atoms with Gasteiger partial charge in [-0.05, 0) is 55.7 Å². The monoisotopic (exact) mass is 440 g/mol. The van der Waals surface area contributed by atoms with E-state index in [-0.39, 0.29) is 11.9 Å². The molecule has 0 fully saturated rings. The lowest BCUT2D eigenvalue weighted by atomic mass is 9.85. The molecule has 1 aliphatic carbocycles. The lowest BCUT2D eigenvalue weighted by Crippen LogP contribution is -2.13. The van der Waals surface area contributed by atoms with Gasteiger partial charge < -0.3 is 14.5 Å². The normalized spacial score (nSPS) is 16.7. The number of hydrogen-bond acceptors (Lipinski definition) is 5. The van der Waals surface area contributed by atoms with E-state index in [0.717, 1.165) is 41.2 Å². The first-order valence-electron chi connectivity index (χ1n) is 11.4. The van der Waals surface area contributed by atoms with Crippen LogP contribution in [0.4, 0.5) is 0 Å². The zero-order valence-corrected chi connectivity index (χ0v) is 19.5. The van der Waals surface area contributed by atoms with Crippen LogP contribution in [0.15, 0.2) is 23.6 Å². The van der Waals surface area contributed by atoms with Crippen LogP contribution in [-0.4, -0.2) is 22.5 Å². The molecule has 2 aromatic heterocycles. The van der Waals surface area contributed by atoms with E-state index in [4.69, 9.17) is 9.47 Å². The van der Waals surface area contributed by atoms with Crippen molar-refractivity contribution in [3.05, 3.63) is 45.5 Å². The van der Waals surface area contributed by atoms with E-state index in [1.54, 1.807) is 11.3 Å². The van der Waals surface area contributed by atoms with Crippen LogP contribution in [0.1, 0.15) is 86.7 Å². The molecule has 0 amide bonds. The van der Waals surface area contributed by atoms with Crippen molar-refractivity contribution in [2.24, 2.45) is 0 Å². The number of aryl methyl sites for hydroxylation is 1. The number of esters is 1. The van der Waals surface area contributed by atoms with Crippen molar-refractivity contribution in [2.75, 3.05) is 6.61 Å². The maximum absolute atomic E-state index is 12.2. The fourth-order valence-corrected chi connectivity index (χ4v) is 5.31. The highest BCUT2D eigenvalue weighted by atomic mass is 32.1. The molecule has 2 heterocycles. The predicted octanol–water partition coefficient (Wildman–Crippen LogP) is 6.48. The lowest BCUT2D eigenvalue weighted by Gasteiger charge is -2.20. The van der Waals surface area contributed by atoms with Gasteiger partial charge in [-0.15, -0.1) is 11.3 Å². The van der Waals surface area contributed by atoms with Crippen molar-refractivity contribution >= 4 is 28.2 Å². The summed E-state index contributed by atoms with van der Waals surface area (Å²) in [7, 11) is 0. The van der Waals surface area contributed by atoms with Crippen LogP contribution in [0.5, 0.6) is 5.75 Å². The molecule has 31 heavy (non-hydrogen) atoms. The van der Waals surface area contributed by atoms with E-state index >= 15 is 0 Å². The number of ether oxygens (including phenoxy) is 2. The van der Waals surface area contributed by atoms with Crippen LogP contribution < -0.4 is 4.74 Å². The standard InChI is InChI=1S/C25H32N2O3S/c1-4-29-24(28)12-17-8-6-5-7-9-20-25(17)19-11-10-18(13-21(19)26-20)30-14-23-27-22(15-31-23)16(2)3/h10-11,13,15-17,26H,4-9,12,14H2,1-3H3. The average Bonchev–Trinajstić information content (AvgIpc) is 3.34. The Morgan fingerprint density at radius 3 is 2.94 bits per heavy atom. The van der Waals surface area contributed by atoms with Crippen LogP contribution in [0.25, 0.3) is 10.9 Å². The molecule has 1 aliphatic rings. The number of aromatic nitrogens is 2. The molecule has 0 aliphatic heterocycles. The molecule has 1 N–H and O–H groups in total. The van der Waals surface area contributed by atoms with Crippen molar-refractivity contribution in [2.45, 2.75) is 77.7 Å². The summed E-state index contributed by atoms with van der Waals surface area (Å²) in [6.07, 6.45) is 6.04. The van der Waals surface area contributed by atoms with Gasteiger partial charge in [0.05, 0.1) is 18.7 Å². The minimum Gasteiger partial charge on any atom is -0.486 e. The van der Waals surface area contributed by atoms with Gasteiger partial charge in [0.1, 0.15) is 17.4 Å². The Kier molecular flexibility index (Phi) is 6.96. The third-order valence-electron chi connectivity index (χ3n) is 6.02. The predicted molar refractivity (Wildman–Crippen MR) is 125 cm³/mol. The summed E-state index contributed by atoms with van der Waals surface area (Å²) >= 11 is 1.65. The van der Waals surface area contributed by atoms with Gasteiger partial charge in [0.15, 0.2) is 0 Å². The Hall–Kier alpha value is -2.34. The van der Waals surface area contributed by atoms with Gasteiger partial charge in [0.25, 0.3) is 0 Å². The first-order valence-corrected chi connectivity index (χ1v) is 12.3. The number of aromatic amines is 1. The lowest BCUT2D eigenvalue weighted by molar-refractivity contribution is -0.143. The molecule has 4 rings (SSSR count). The van der Waals surface area contributed by atoms with Crippen LogP contribution in [-0.2, 0) is 22.6 Å². The highest BCUT2D eigenvalue weighted by Crippen LogP contribution is 2.38. The summed E-state index contributed by atoms with van der Waals surface area (Å²) in [5, 5.41) is 4.31. The molecular weight excluding hydrogens is 408 g/mol. The van der Waals surface area contributed by atoms with E-state index in [1.807, 2.05) is 13.0 Å². The van der Waals surface area contributed by atoms with E-state index < -0.39 is 0 Å². The molecule has 0 saturated heterocycles. The maximum atomic E-state index is 12.2. The second-order valence-electron chi connectivity index (χ2n) is 8.64. The zero-order valence-electron chi connectivity index (χ0n) is 18.7. The Bertz CT molecular complexity index is 1040. The number of rotatable bonds is 7. The van der Waals surface area contributed by atoms with Crippen LogP contribution >= 0.6 is 11.3 Å². The smallest absolute Gasteiger partial charge is 0.306 e. The minimum atomic E-state index is -0.0995. The average molecular weight is 441 g/mol. The highest BCUT2D eigenvalue weighted by molar-refractivity contribution is 7.09. The second-order valence-corrected chi connectivity index (χ2v) is 9.58. The summed E-state index contributed by atoms with van der Waals surface area (Å²) in [5.74, 6) is 1.38. The van der Waals surface area contributed by atoms with Crippen LogP contribution in [0, 0.1) is 0 Å². The van der Waals surface area contributed by atoms with Gasteiger partial charge in [-0.1, -0.05) is 26.7 Å². The van der Waals surface area contributed by atoms with Gasteiger partial charge >= 0.3 is 5.97 Å². The molecular formula is C25H32N2O3S. The van der Waals surface area contributed by atoms with Gasteiger partial charge in [-0.25, -0.2) is 4.98 Å². The van der Waals surface area contributed by atoms with Crippen molar-refractivity contribution in [1.82, 2.24) is 9.97 Å². The van der Waals surface area contributed by atoms with E-state index in [1.165, 1.54) is 29.5 Å². The van der Waals surface area contributed by atoms with Gasteiger partial charge in [0, 0.05) is 28.0 Å². The van der Waals surface area contributed by atoms with Crippen molar-refractivity contribution in [3.8, 4) is 5.75 Å². The maximum Gasteiger partial charge on any atom is 0.306 e. The molecule has 0 saturated carbocycles. The van der Waals surface area contributed by atoms with Gasteiger partial charge in [-0.2, -0.15) is 0 Å². The molecule has 1 unspecified atom stereocenters. The number of hydrogen-bond donors (Lipinski definition) is 1. The molecule has 5 nitrogen and oxygen atoms in total. The molecule has 0 bridgehead atoms. The Morgan fingerprint density at radius 2 is 2.16 bits per heavy atom. The summed E-state index contributed by atoms with van der Waals surface area (Å²) in [6, 6.07) is 6.26. The Labute approximate surface area is 188 Å². The summed E-state index contributed by atoms with van der Waals surface area (Å²) in [4.78, 5) is 20.5. The number of nitrogens with one attached hydrogen (secondary N) is 1. The number of thiazole rings is 1. The third kappa shape index (κ3) is 5.12. The molecule has 0 spiro atoms.